The Hall–Kier alpha value is -1.72. The van der Waals surface area contributed by atoms with E-state index in [1.165, 1.54) is 11.4 Å². The maximum atomic E-state index is 4.22. The fraction of sp³-hybridized carbons (Fsp3) is 0.750. The molecule has 2 rings (SSSR count). The zero-order valence-corrected chi connectivity index (χ0v) is 15.8. The molecular formula is C16H32N6. The fourth-order valence-electron chi connectivity index (χ4n) is 2.89. The topological polar surface area (TPSA) is 41.1 Å². The molecule has 1 aromatic heterocycles. The van der Waals surface area contributed by atoms with Crippen molar-refractivity contribution in [2.24, 2.45) is 24.1 Å². The quantitative estimate of drug-likeness (QED) is 0.721. The summed E-state index contributed by atoms with van der Waals surface area (Å²) >= 11 is 0. The van der Waals surface area contributed by atoms with E-state index in [0.717, 1.165) is 11.6 Å². The summed E-state index contributed by atoms with van der Waals surface area (Å²) in [5.41, 5.74) is 3.56. The van der Waals surface area contributed by atoms with Crippen molar-refractivity contribution in [2.75, 3.05) is 28.2 Å². The Bertz CT molecular complexity index is 562. The molecule has 2 unspecified atom stereocenters. The van der Waals surface area contributed by atoms with Crippen LogP contribution in [-0.4, -0.2) is 65.2 Å². The Kier molecular flexibility index (Phi) is 5.85. The highest BCUT2D eigenvalue weighted by Gasteiger charge is 2.33. The smallest absolute Gasteiger partial charge is 0.204 e. The van der Waals surface area contributed by atoms with Crippen molar-refractivity contribution in [2.45, 2.75) is 39.8 Å². The summed E-state index contributed by atoms with van der Waals surface area (Å²) in [5.74, 6) is 1.09. The van der Waals surface area contributed by atoms with Crippen LogP contribution in [-0.2, 0) is 14.1 Å². The predicted molar refractivity (Wildman–Crippen MR) is 93.2 cm³/mol. The third-order valence-electron chi connectivity index (χ3n) is 5.08. The van der Waals surface area contributed by atoms with Gasteiger partial charge in [-0.25, -0.2) is 0 Å². The third kappa shape index (κ3) is 3.05. The normalized spacial score (nSPS) is 20.9. The summed E-state index contributed by atoms with van der Waals surface area (Å²) < 4.78 is 4.19. The molecule has 22 heavy (non-hydrogen) atoms. The average molecular weight is 308 g/mol. The number of guanidine groups is 1. The Morgan fingerprint density at radius 3 is 1.27 bits per heavy atom. The first kappa shape index (κ1) is 18.3. The number of rotatable bonds is 0. The number of hydrogen-bond donors (Lipinski definition) is 0. The van der Waals surface area contributed by atoms with Crippen LogP contribution in [0.15, 0.2) is 9.98 Å². The highest BCUT2D eigenvalue weighted by Crippen LogP contribution is 2.18. The number of nitrogens with zero attached hydrogens (tertiary/aromatic N) is 6. The molecule has 126 valence electrons. The summed E-state index contributed by atoms with van der Waals surface area (Å²) in [7, 11) is 11.9. The van der Waals surface area contributed by atoms with E-state index in [1.54, 1.807) is 0 Å². The van der Waals surface area contributed by atoms with Gasteiger partial charge in [0.2, 0.25) is 5.62 Å². The lowest BCUT2D eigenvalue weighted by Crippen LogP contribution is -2.30. The molecule has 0 amide bonds. The summed E-state index contributed by atoms with van der Waals surface area (Å²) in [6.45, 7) is 8.65. The second-order valence-electron chi connectivity index (χ2n) is 6.04. The van der Waals surface area contributed by atoms with Crippen molar-refractivity contribution >= 4 is 5.96 Å². The molecule has 1 aromatic rings. The molecule has 0 aromatic carbocycles. The van der Waals surface area contributed by atoms with Crippen LogP contribution in [0.2, 0.25) is 0 Å². The van der Waals surface area contributed by atoms with Gasteiger partial charge in [-0.2, -0.15) is 0 Å². The van der Waals surface area contributed by atoms with Crippen molar-refractivity contribution in [1.82, 2.24) is 18.9 Å². The Morgan fingerprint density at radius 1 is 0.727 bits per heavy atom. The van der Waals surface area contributed by atoms with E-state index in [-0.39, 0.29) is 0 Å². The number of imidazole rings is 1. The van der Waals surface area contributed by atoms with Gasteiger partial charge in [-0.3, -0.25) is 9.98 Å². The van der Waals surface area contributed by atoms with Gasteiger partial charge in [-0.05, 0) is 27.7 Å². The van der Waals surface area contributed by atoms with Gasteiger partial charge in [-0.1, -0.05) is 0 Å². The van der Waals surface area contributed by atoms with Gasteiger partial charge in [0.25, 0.3) is 0 Å². The van der Waals surface area contributed by atoms with E-state index < -0.39 is 0 Å². The molecule has 6 nitrogen and oxygen atoms in total. The van der Waals surface area contributed by atoms with Crippen LogP contribution in [0, 0.1) is 13.8 Å². The maximum Gasteiger partial charge on any atom is 0.204 e. The number of hydrogen-bond acceptors (Lipinski definition) is 2. The third-order valence-corrected chi connectivity index (χ3v) is 5.08. The lowest BCUT2D eigenvalue weighted by molar-refractivity contribution is 0.344. The molecule has 0 radical (unpaired) electrons. The van der Waals surface area contributed by atoms with Gasteiger partial charge in [0.1, 0.15) is 0 Å². The lowest BCUT2D eigenvalue weighted by Gasteiger charge is -2.16. The summed E-state index contributed by atoms with van der Waals surface area (Å²) in [6, 6.07) is 1.14. The minimum absolute atomic E-state index is 0.568. The molecule has 0 aliphatic carbocycles. The second-order valence-corrected chi connectivity index (χ2v) is 6.04. The molecule has 1 aliphatic heterocycles. The van der Waals surface area contributed by atoms with Crippen LogP contribution >= 0.6 is 0 Å². The first-order valence-corrected chi connectivity index (χ1v) is 7.73. The van der Waals surface area contributed by atoms with Gasteiger partial charge in [0, 0.05) is 65.8 Å². The zero-order valence-electron chi connectivity index (χ0n) is 15.8. The van der Waals surface area contributed by atoms with Gasteiger partial charge in [-0.15, -0.1) is 0 Å². The lowest BCUT2D eigenvalue weighted by atomic mass is 10.2. The highest BCUT2D eigenvalue weighted by atomic mass is 15.4. The van der Waals surface area contributed by atoms with Crippen molar-refractivity contribution in [3.8, 4) is 0 Å². The average Bonchev–Trinajstić information content (AvgIpc) is 2.81. The van der Waals surface area contributed by atoms with E-state index in [0.29, 0.717) is 12.1 Å². The molecule has 2 heterocycles. The molecule has 1 saturated heterocycles. The van der Waals surface area contributed by atoms with Crippen molar-refractivity contribution < 1.29 is 0 Å². The first-order chi connectivity index (χ1) is 10.2. The van der Waals surface area contributed by atoms with E-state index in [9.17, 15) is 0 Å². The van der Waals surface area contributed by atoms with Crippen LogP contribution < -0.4 is 5.62 Å². The molecular weight excluding hydrogens is 276 g/mol. The van der Waals surface area contributed by atoms with E-state index >= 15 is 0 Å². The van der Waals surface area contributed by atoms with Crippen LogP contribution in [0.25, 0.3) is 0 Å². The minimum Gasteiger partial charge on any atom is -0.341 e. The number of aliphatic imine (C=N–C) groups is 1. The highest BCUT2D eigenvalue weighted by molar-refractivity contribution is 5.82. The summed E-state index contributed by atoms with van der Waals surface area (Å²) in [5, 5.41) is 0. The first-order valence-electron chi connectivity index (χ1n) is 7.73. The van der Waals surface area contributed by atoms with Gasteiger partial charge >= 0.3 is 0 Å². The zero-order chi connectivity index (χ0) is 17.2. The van der Waals surface area contributed by atoms with Crippen LogP contribution in [0.5, 0.6) is 0 Å². The molecule has 0 bridgehead atoms. The van der Waals surface area contributed by atoms with Gasteiger partial charge in [0.15, 0.2) is 5.96 Å². The van der Waals surface area contributed by atoms with Crippen molar-refractivity contribution in [3.63, 3.8) is 0 Å². The number of likely N-dealkylation sites (N-methyl/N-ethyl adjacent to an activating group) is 2. The molecule has 0 spiro atoms. The molecule has 0 saturated carbocycles. The van der Waals surface area contributed by atoms with Crippen LogP contribution in [0.3, 0.4) is 0 Å². The molecule has 1 aliphatic rings. The maximum absolute atomic E-state index is 4.22. The SMILES string of the molecule is CN=C1N(C)C(C)C(C)N1C.CN=c1n(C)c(C)c(C)n1C. The Balaban J connectivity index is 0.000000220. The monoisotopic (exact) mass is 308 g/mol. The van der Waals surface area contributed by atoms with Gasteiger partial charge in [0.05, 0.1) is 0 Å². The minimum atomic E-state index is 0.568. The largest absolute Gasteiger partial charge is 0.341 e. The van der Waals surface area contributed by atoms with Crippen molar-refractivity contribution in [3.05, 3.63) is 17.0 Å². The van der Waals surface area contributed by atoms with E-state index in [2.05, 4.69) is 70.7 Å². The van der Waals surface area contributed by atoms with Crippen LogP contribution in [0.1, 0.15) is 25.2 Å². The molecule has 6 heteroatoms. The second kappa shape index (κ2) is 7.03. The molecule has 2 atom stereocenters. The Morgan fingerprint density at radius 2 is 1.09 bits per heavy atom. The summed E-state index contributed by atoms with van der Waals surface area (Å²) in [4.78, 5) is 12.8. The van der Waals surface area contributed by atoms with Gasteiger partial charge < -0.3 is 18.9 Å². The number of aromatic nitrogens is 2. The standard InChI is InChI=1S/C8H17N3.C8H15N3/c2*1-6-7(2)11(5)8(9-3)10(6)4/h6-7H,1-5H3;1-5H3. The van der Waals surface area contributed by atoms with E-state index in [1.807, 2.05) is 28.2 Å². The van der Waals surface area contributed by atoms with Crippen molar-refractivity contribution in [1.29, 1.82) is 0 Å². The molecule has 0 N–H and O–H groups in total. The molecule has 1 fully saturated rings. The van der Waals surface area contributed by atoms with E-state index in [4.69, 9.17) is 0 Å². The fourth-order valence-corrected chi connectivity index (χ4v) is 2.89. The summed E-state index contributed by atoms with van der Waals surface area (Å²) in [6.07, 6.45) is 0. The Labute approximate surface area is 134 Å². The predicted octanol–water partition coefficient (Wildman–Crippen LogP) is 1.14. The van der Waals surface area contributed by atoms with Crippen LogP contribution in [0.4, 0.5) is 0 Å².